The molecule has 0 radical (unpaired) electrons. The van der Waals surface area contributed by atoms with Crippen molar-refractivity contribution in [2.75, 3.05) is 25.0 Å². The quantitative estimate of drug-likeness (QED) is 0.843. The molecule has 1 aliphatic carbocycles. The third-order valence-corrected chi connectivity index (χ3v) is 3.76. The molecule has 1 aromatic heterocycles. The molecule has 5 nitrogen and oxygen atoms in total. The topological polar surface area (TPSA) is 73.1 Å². The van der Waals surface area contributed by atoms with Crippen molar-refractivity contribution in [3.63, 3.8) is 0 Å². The molecule has 1 fully saturated rings. The van der Waals surface area contributed by atoms with Crippen LogP contribution in [-0.4, -0.2) is 29.7 Å². The zero-order valence-corrected chi connectivity index (χ0v) is 10.6. The van der Waals surface area contributed by atoms with Gasteiger partial charge in [0.05, 0.1) is 12.3 Å². The largest absolute Gasteiger partial charge is 0.477 e. The van der Waals surface area contributed by atoms with Crippen LogP contribution in [0.1, 0.15) is 42.9 Å². The van der Waals surface area contributed by atoms with Crippen LogP contribution >= 0.6 is 0 Å². The van der Waals surface area contributed by atoms with Crippen LogP contribution in [0.4, 0.5) is 5.95 Å². The SMILES string of the molecule is NCCNc1nc2c(c(C3CCCC3)n1)CCO2. The maximum absolute atomic E-state index is 5.60. The van der Waals surface area contributed by atoms with Crippen molar-refractivity contribution >= 4 is 5.95 Å². The second-order valence-corrected chi connectivity index (χ2v) is 5.01. The highest BCUT2D eigenvalue weighted by atomic mass is 16.5. The Morgan fingerprint density at radius 3 is 2.89 bits per heavy atom. The summed E-state index contributed by atoms with van der Waals surface area (Å²) in [7, 11) is 0. The predicted octanol–water partition coefficient (Wildman–Crippen LogP) is 1.44. The molecule has 0 bridgehead atoms. The van der Waals surface area contributed by atoms with Gasteiger partial charge in [0.25, 0.3) is 0 Å². The molecule has 1 aliphatic heterocycles. The van der Waals surface area contributed by atoms with Gasteiger partial charge >= 0.3 is 0 Å². The van der Waals surface area contributed by atoms with E-state index in [-0.39, 0.29) is 0 Å². The van der Waals surface area contributed by atoms with Gasteiger partial charge in [-0.3, -0.25) is 0 Å². The Bertz CT molecular complexity index is 429. The van der Waals surface area contributed by atoms with E-state index < -0.39 is 0 Å². The highest BCUT2D eigenvalue weighted by Crippen LogP contribution is 2.39. The third kappa shape index (κ3) is 2.14. The van der Waals surface area contributed by atoms with Gasteiger partial charge in [0.2, 0.25) is 11.8 Å². The van der Waals surface area contributed by atoms with Gasteiger partial charge in [-0.1, -0.05) is 12.8 Å². The van der Waals surface area contributed by atoms with E-state index in [2.05, 4.69) is 10.3 Å². The molecule has 2 heterocycles. The molecule has 0 atom stereocenters. The summed E-state index contributed by atoms with van der Waals surface area (Å²) in [4.78, 5) is 9.13. The molecule has 3 rings (SSSR count). The lowest BCUT2D eigenvalue weighted by molar-refractivity contribution is 0.345. The first kappa shape index (κ1) is 11.7. The van der Waals surface area contributed by atoms with E-state index in [4.69, 9.17) is 15.5 Å². The minimum atomic E-state index is 0.583. The fourth-order valence-corrected chi connectivity index (χ4v) is 2.88. The number of hydrogen-bond acceptors (Lipinski definition) is 5. The Morgan fingerprint density at radius 2 is 2.11 bits per heavy atom. The third-order valence-electron chi connectivity index (χ3n) is 3.76. The molecule has 18 heavy (non-hydrogen) atoms. The van der Waals surface area contributed by atoms with E-state index in [0.717, 1.165) is 18.9 Å². The highest BCUT2D eigenvalue weighted by molar-refractivity contribution is 5.42. The Hall–Kier alpha value is -1.36. The summed E-state index contributed by atoms with van der Waals surface area (Å²) in [6, 6.07) is 0. The first-order valence-corrected chi connectivity index (χ1v) is 6.86. The van der Waals surface area contributed by atoms with Crippen LogP contribution in [0.15, 0.2) is 0 Å². The summed E-state index contributed by atoms with van der Waals surface area (Å²) in [6.07, 6.45) is 6.09. The Kier molecular flexibility index (Phi) is 3.32. The molecule has 0 saturated heterocycles. The highest BCUT2D eigenvalue weighted by Gasteiger charge is 2.27. The summed E-state index contributed by atoms with van der Waals surface area (Å²) in [6.45, 7) is 2.02. The molecule has 98 valence electrons. The summed E-state index contributed by atoms with van der Waals surface area (Å²) >= 11 is 0. The van der Waals surface area contributed by atoms with Crippen molar-refractivity contribution in [3.05, 3.63) is 11.3 Å². The first-order chi connectivity index (χ1) is 8.88. The van der Waals surface area contributed by atoms with Crippen LogP contribution in [-0.2, 0) is 6.42 Å². The number of aromatic nitrogens is 2. The lowest BCUT2D eigenvalue weighted by Crippen LogP contribution is -2.16. The van der Waals surface area contributed by atoms with E-state index in [9.17, 15) is 0 Å². The summed E-state index contributed by atoms with van der Waals surface area (Å²) in [5, 5.41) is 3.16. The maximum Gasteiger partial charge on any atom is 0.226 e. The first-order valence-electron chi connectivity index (χ1n) is 6.86. The van der Waals surface area contributed by atoms with Crippen molar-refractivity contribution in [3.8, 4) is 5.88 Å². The van der Waals surface area contributed by atoms with Crippen LogP contribution in [0.3, 0.4) is 0 Å². The number of fused-ring (bicyclic) bond motifs is 1. The van der Waals surface area contributed by atoms with Crippen LogP contribution < -0.4 is 15.8 Å². The normalized spacial score (nSPS) is 18.7. The Morgan fingerprint density at radius 1 is 1.28 bits per heavy atom. The molecule has 0 amide bonds. The summed E-state index contributed by atoms with van der Waals surface area (Å²) in [5.74, 6) is 2.05. The lowest BCUT2D eigenvalue weighted by Gasteiger charge is -2.14. The number of anilines is 1. The number of ether oxygens (including phenoxy) is 1. The molecule has 0 aromatic carbocycles. The van der Waals surface area contributed by atoms with Crippen molar-refractivity contribution in [2.45, 2.75) is 38.0 Å². The summed E-state index contributed by atoms with van der Waals surface area (Å²) < 4.78 is 5.60. The second kappa shape index (κ2) is 5.10. The van der Waals surface area contributed by atoms with Crippen molar-refractivity contribution in [1.82, 2.24) is 9.97 Å². The van der Waals surface area contributed by atoms with Crippen LogP contribution in [0.25, 0.3) is 0 Å². The average Bonchev–Trinajstić information content (AvgIpc) is 3.05. The predicted molar refractivity (Wildman–Crippen MR) is 70.0 cm³/mol. The number of nitrogens with one attached hydrogen (secondary N) is 1. The van der Waals surface area contributed by atoms with E-state index in [1.807, 2.05) is 0 Å². The van der Waals surface area contributed by atoms with Gasteiger partial charge in [-0.2, -0.15) is 4.98 Å². The number of rotatable bonds is 4. The molecule has 1 saturated carbocycles. The number of nitrogens with zero attached hydrogens (tertiary/aromatic N) is 2. The van der Waals surface area contributed by atoms with Gasteiger partial charge in [0.1, 0.15) is 0 Å². The van der Waals surface area contributed by atoms with E-state index in [1.54, 1.807) is 0 Å². The molecule has 0 unspecified atom stereocenters. The smallest absolute Gasteiger partial charge is 0.226 e. The van der Waals surface area contributed by atoms with E-state index in [1.165, 1.54) is 36.9 Å². The fraction of sp³-hybridized carbons (Fsp3) is 0.692. The van der Waals surface area contributed by atoms with Gasteiger partial charge < -0.3 is 15.8 Å². The van der Waals surface area contributed by atoms with Gasteiger partial charge in [0.15, 0.2) is 0 Å². The molecule has 0 spiro atoms. The Labute approximate surface area is 107 Å². The molecule has 3 N–H and O–H groups in total. The zero-order valence-electron chi connectivity index (χ0n) is 10.6. The van der Waals surface area contributed by atoms with Crippen LogP contribution in [0.5, 0.6) is 5.88 Å². The fourth-order valence-electron chi connectivity index (χ4n) is 2.88. The lowest BCUT2D eigenvalue weighted by atomic mass is 9.98. The molecular formula is C13H20N4O. The van der Waals surface area contributed by atoms with Crippen molar-refractivity contribution in [2.24, 2.45) is 5.73 Å². The molecule has 1 aromatic rings. The minimum Gasteiger partial charge on any atom is -0.477 e. The van der Waals surface area contributed by atoms with E-state index >= 15 is 0 Å². The second-order valence-electron chi connectivity index (χ2n) is 5.01. The average molecular weight is 248 g/mol. The van der Waals surface area contributed by atoms with E-state index in [0.29, 0.717) is 25.0 Å². The summed E-state index contributed by atoms with van der Waals surface area (Å²) in [5.41, 5.74) is 7.95. The monoisotopic (exact) mass is 248 g/mol. The number of hydrogen-bond donors (Lipinski definition) is 2. The van der Waals surface area contributed by atoms with Gasteiger partial charge in [0, 0.05) is 31.0 Å². The zero-order chi connectivity index (χ0) is 12.4. The maximum atomic E-state index is 5.60. The molecule has 5 heteroatoms. The van der Waals surface area contributed by atoms with Gasteiger partial charge in [-0.05, 0) is 12.8 Å². The van der Waals surface area contributed by atoms with Crippen LogP contribution in [0.2, 0.25) is 0 Å². The van der Waals surface area contributed by atoms with Crippen molar-refractivity contribution < 1.29 is 4.74 Å². The standard InChI is InChI=1S/C13H20N4O/c14-6-7-15-13-16-11(9-3-1-2-4-9)10-5-8-18-12(10)17-13/h9H,1-8,14H2,(H,15,16,17). The number of nitrogens with two attached hydrogens (primary N) is 1. The minimum absolute atomic E-state index is 0.583. The van der Waals surface area contributed by atoms with Gasteiger partial charge in [-0.25, -0.2) is 4.98 Å². The van der Waals surface area contributed by atoms with Crippen LogP contribution in [0, 0.1) is 0 Å². The van der Waals surface area contributed by atoms with Gasteiger partial charge in [-0.15, -0.1) is 0 Å². The van der Waals surface area contributed by atoms with Crippen molar-refractivity contribution in [1.29, 1.82) is 0 Å². The molecular weight excluding hydrogens is 228 g/mol. The Balaban J connectivity index is 1.92. The molecule has 2 aliphatic rings.